The Balaban J connectivity index is 2.95. The van der Waals surface area contributed by atoms with Crippen LogP contribution in [0.2, 0.25) is 0 Å². The number of halogens is 4. The molecule has 6 heteroatoms. The van der Waals surface area contributed by atoms with E-state index < -0.39 is 29.7 Å². The van der Waals surface area contributed by atoms with E-state index in [1.807, 2.05) is 0 Å². The molecule has 0 aromatic carbocycles. The fraction of sp³-hybridized carbons (Fsp3) is 0.375. The molecule has 0 saturated carbocycles. The molecule has 0 aromatic rings. The Kier molecular flexibility index (Phi) is 2.64. The predicted octanol–water partition coefficient (Wildman–Crippen LogP) is 1.48. The Hall–Kier alpha value is -1.33. The van der Waals surface area contributed by atoms with Gasteiger partial charge in [0.1, 0.15) is 12.1 Å². The fourth-order valence-corrected chi connectivity index (χ4v) is 1.15. The van der Waals surface area contributed by atoms with Gasteiger partial charge in [-0.25, -0.2) is 4.39 Å². The number of allylic oxidation sites excluding steroid dienone is 3. The highest BCUT2D eigenvalue weighted by Crippen LogP contribution is 2.36. The molecule has 1 aliphatic rings. The van der Waals surface area contributed by atoms with Crippen LogP contribution in [0, 0.1) is 5.92 Å². The zero-order valence-electron chi connectivity index (χ0n) is 6.88. The second-order valence-electron chi connectivity index (χ2n) is 2.84. The number of hydrogen-bond acceptors (Lipinski definition) is 1. The average Bonchev–Trinajstić information content (AvgIpc) is 2.01. The minimum Gasteiger partial charge on any atom is -0.366 e. The average molecular weight is 209 g/mol. The fourth-order valence-electron chi connectivity index (χ4n) is 1.15. The summed E-state index contributed by atoms with van der Waals surface area (Å²) in [6, 6.07) is 0. The van der Waals surface area contributed by atoms with Crippen LogP contribution in [0.1, 0.15) is 0 Å². The molecule has 0 spiro atoms. The summed E-state index contributed by atoms with van der Waals surface area (Å²) in [5, 5.41) is 0. The second kappa shape index (κ2) is 3.43. The summed E-state index contributed by atoms with van der Waals surface area (Å²) in [5.74, 6) is -3.45. The summed E-state index contributed by atoms with van der Waals surface area (Å²) in [4.78, 5) is 10.5. The maximum absolute atomic E-state index is 13.1. The highest BCUT2D eigenvalue weighted by atomic mass is 19.4. The van der Waals surface area contributed by atoms with Crippen molar-refractivity contribution in [3.8, 4) is 0 Å². The van der Waals surface area contributed by atoms with Crippen LogP contribution in [0.15, 0.2) is 23.8 Å². The van der Waals surface area contributed by atoms with Crippen molar-refractivity contribution in [1.82, 2.24) is 0 Å². The topological polar surface area (TPSA) is 43.1 Å². The van der Waals surface area contributed by atoms with Crippen LogP contribution in [0.3, 0.4) is 0 Å². The zero-order valence-corrected chi connectivity index (χ0v) is 6.88. The van der Waals surface area contributed by atoms with Crippen molar-refractivity contribution < 1.29 is 22.4 Å². The van der Waals surface area contributed by atoms with E-state index in [2.05, 4.69) is 0 Å². The van der Waals surface area contributed by atoms with E-state index in [9.17, 15) is 22.4 Å². The largest absolute Gasteiger partial charge is 0.398 e. The van der Waals surface area contributed by atoms with Crippen LogP contribution < -0.4 is 5.73 Å². The van der Waals surface area contributed by atoms with E-state index in [4.69, 9.17) is 5.73 Å². The summed E-state index contributed by atoms with van der Waals surface area (Å²) >= 11 is 0. The number of carbonyl (C=O) groups is 1. The minimum absolute atomic E-state index is 0.644. The lowest BCUT2D eigenvalue weighted by Gasteiger charge is -2.23. The monoisotopic (exact) mass is 209 g/mol. The molecule has 78 valence electrons. The highest BCUT2D eigenvalue weighted by Gasteiger charge is 2.46. The quantitative estimate of drug-likeness (QED) is 0.653. The molecule has 1 rings (SSSR count). The van der Waals surface area contributed by atoms with Gasteiger partial charge in [-0.1, -0.05) is 18.2 Å². The molecule has 1 amide bonds. The number of nitrogens with two attached hydrogens (primary N) is 1. The van der Waals surface area contributed by atoms with Crippen molar-refractivity contribution in [3.05, 3.63) is 23.8 Å². The van der Waals surface area contributed by atoms with Gasteiger partial charge in [-0.3, -0.25) is 4.79 Å². The summed E-state index contributed by atoms with van der Waals surface area (Å²) in [7, 11) is 0. The van der Waals surface area contributed by atoms with E-state index in [0.29, 0.717) is 6.08 Å². The van der Waals surface area contributed by atoms with Crippen LogP contribution >= 0.6 is 0 Å². The maximum Gasteiger partial charge on any atom is 0.398 e. The highest BCUT2D eigenvalue weighted by molar-refractivity contribution is 5.93. The molecule has 0 aliphatic heterocycles. The molecule has 2 N–H and O–H groups in total. The smallest absolute Gasteiger partial charge is 0.366 e. The molecule has 2 atom stereocenters. The molecule has 0 bridgehead atoms. The molecule has 0 saturated heterocycles. The molecule has 2 nitrogen and oxygen atoms in total. The Labute approximate surface area is 77.1 Å². The van der Waals surface area contributed by atoms with E-state index >= 15 is 0 Å². The standard InChI is InChI=1S/C8H7F4NO/c9-6-4(7(13)14)2-1-3-5(6)8(10,11)12/h1-3,5-6H,(H2,13,14). The third-order valence-electron chi connectivity index (χ3n) is 1.87. The molecule has 0 aromatic heterocycles. The minimum atomic E-state index is -4.70. The van der Waals surface area contributed by atoms with Crippen molar-refractivity contribution in [2.45, 2.75) is 12.3 Å². The van der Waals surface area contributed by atoms with Crippen LogP contribution in [-0.4, -0.2) is 18.3 Å². The number of primary amides is 1. The van der Waals surface area contributed by atoms with Gasteiger partial charge in [0.25, 0.3) is 0 Å². The van der Waals surface area contributed by atoms with Crippen molar-refractivity contribution in [1.29, 1.82) is 0 Å². The first-order valence-corrected chi connectivity index (χ1v) is 3.73. The zero-order chi connectivity index (χ0) is 10.9. The van der Waals surface area contributed by atoms with Crippen molar-refractivity contribution in [2.24, 2.45) is 11.7 Å². The summed E-state index contributed by atoms with van der Waals surface area (Å²) in [6.07, 6.45) is -4.51. The van der Waals surface area contributed by atoms with E-state index in [1.54, 1.807) is 0 Å². The van der Waals surface area contributed by atoms with Gasteiger partial charge in [-0.05, 0) is 0 Å². The van der Waals surface area contributed by atoms with Gasteiger partial charge in [0.05, 0.1) is 5.57 Å². The molecular formula is C8H7F4NO. The van der Waals surface area contributed by atoms with Gasteiger partial charge in [0, 0.05) is 0 Å². The Morgan fingerprint density at radius 2 is 2.00 bits per heavy atom. The van der Waals surface area contributed by atoms with Crippen LogP contribution in [0.4, 0.5) is 17.6 Å². The van der Waals surface area contributed by atoms with Crippen molar-refractivity contribution >= 4 is 5.91 Å². The lowest BCUT2D eigenvalue weighted by atomic mass is 9.91. The van der Waals surface area contributed by atoms with Crippen LogP contribution in [-0.2, 0) is 4.79 Å². The van der Waals surface area contributed by atoms with Crippen LogP contribution in [0.5, 0.6) is 0 Å². The number of rotatable bonds is 1. The number of alkyl halides is 4. The molecule has 0 fully saturated rings. The first-order valence-electron chi connectivity index (χ1n) is 3.73. The van der Waals surface area contributed by atoms with Crippen molar-refractivity contribution in [3.63, 3.8) is 0 Å². The Morgan fingerprint density at radius 3 is 2.43 bits per heavy atom. The summed E-state index contributed by atoms with van der Waals surface area (Å²) in [5.41, 5.74) is 4.07. The van der Waals surface area contributed by atoms with E-state index in [-0.39, 0.29) is 0 Å². The van der Waals surface area contributed by atoms with E-state index in [1.165, 1.54) is 0 Å². The van der Waals surface area contributed by atoms with Gasteiger partial charge in [0.2, 0.25) is 5.91 Å². The lowest BCUT2D eigenvalue weighted by Crippen LogP contribution is -2.36. The van der Waals surface area contributed by atoms with E-state index in [0.717, 1.165) is 12.2 Å². The van der Waals surface area contributed by atoms with Gasteiger partial charge in [0.15, 0.2) is 0 Å². The first kappa shape index (κ1) is 10.7. The molecular weight excluding hydrogens is 202 g/mol. The Bertz CT molecular complexity index is 305. The molecule has 1 aliphatic carbocycles. The number of hydrogen-bond donors (Lipinski definition) is 1. The van der Waals surface area contributed by atoms with Gasteiger partial charge in [-0.2, -0.15) is 13.2 Å². The summed E-state index contributed by atoms with van der Waals surface area (Å²) in [6.45, 7) is 0. The molecule has 2 unspecified atom stereocenters. The molecule has 0 radical (unpaired) electrons. The van der Waals surface area contributed by atoms with Gasteiger partial charge >= 0.3 is 6.18 Å². The molecule has 14 heavy (non-hydrogen) atoms. The van der Waals surface area contributed by atoms with Crippen LogP contribution in [0.25, 0.3) is 0 Å². The third-order valence-corrected chi connectivity index (χ3v) is 1.87. The number of carbonyl (C=O) groups excluding carboxylic acids is 1. The summed E-state index contributed by atoms with van der Waals surface area (Å²) < 4.78 is 49.6. The lowest BCUT2D eigenvalue weighted by molar-refractivity contribution is -0.173. The number of amides is 1. The van der Waals surface area contributed by atoms with Gasteiger partial charge < -0.3 is 5.73 Å². The predicted molar refractivity (Wildman–Crippen MR) is 40.9 cm³/mol. The molecule has 0 heterocycles. The van der Waals surface area contributed by atoms with Gasteiger partial charge in [-0.15, -0.1) is 0 Å². The normalized spacial score (nSPS) is 27.3. The first-order chi connectivity index (χ1) is 6.34. The second-order valence-corrected chi connectivity index (χ2v) is 2.84. The Morgan fingerprint density at radius 1 is 1.43 bits per heavy atom. The maximum atomic E-state index is 13.1. The third kappa shape index (κ3) is 1.94. The van der Waals surface area contributed by atoms with Crippen molar-refractivity contribution in [2.75, 3.05) is 0 Å². The SMILES string of the molecule is NC(=O)C1=CC=CC(C(F)(F)F)C1F.